The zero-order valence-corrected chi connectivity index (χ0v) is 14.6. The van der Waals surface area contributed by atoms with Gasteiger partial charge in [-0.25, -0.2) is 13.1 Å². The maximum absolute atomic E-state index is 12.0. The van der Waals surface area contributed by atoms with Gasteiger partial charge >= 0.3 is 0 Å². The molecule has 1 aromatic carbocycles. The molecule has 0 aliphatic rings. The molecule has 1 heterocycles. The van der Waals surface area contributed by atoms with E-state index in [1.165, 1.54) is 12.1 Å². The van der Waals surface area contributed by atoms with Crippen LogP contribution in [0.15, 0.2) is 41.3 Å². The Balaban J connectivity index is 1.80. The molecular weight excluding hydrogens is 328 g/mol. The number of sulfonamides is 1. The standard InChI is InChI=1S/C16H22N4O3S/c1-12(2)10-13-11-15(20-19-13)16(21)17-8-9-18-24(22,23)14-6-4-3-5-7-14/h3-7,11-12,18H,8-10H2,1-2H3,(H,17,21)(H,19,20). The summed E-state index contributed by atoms with van der Waals surface area (Å²) in [5.41, 5.74) is 1.21. The van der Waals surface area contributed by atoms with Gasteiger partial charge in [0.2, 0.25) is 10.0 Å². The average Bonchev–Trinajstić information content (AvgIpc) is 3.00. The normalized spacial score (nSPS) is 11.6. The van der Waals surface area contributed by atoms with Crippen LogP contribution in [0.3, 0.4) is 0 Å². The number of aromatic amines is 1. The molecule has 2 aromatic rings. The molecule has 0 aliphatic heterocycles. The van der Waals surface area contributed by atoms with E-state index >= 15 is 0 Å². The number of benzene rings is 1. The van der Waals surface area contributed by atoms with Crippen molar-refractivity contribution in [1.29, 1.82) is 0 Å². The molecule has 0 saturated heterocycles. The van der Waals surface area contributed by atoms with Crippen LogP contribution in [0.25, 0.3) is 0 Å². The monoisotopic (exact) mass is 350 g/mol. The van der Waals surface area contributed by atoms with E-state index in [1.807, 2.05) is 0 Å². The Bertz CT molecular complexity index is 770. The van der Waals surface area contributed by atoms with Crippen LogP contribution in [-0.4, -0.2) is 37.6 Å². The first-order chi connectivity index (χ1) is 11.4. The molecule has 8 heteroatoms. The topological polar surface area (TPSA) is 104 Å². The lowest BCUT2D eigenvalue weighted by Gasteiger charge is -2.07. The second kappa shape index (κ2) is 8.07. The Morgan fingerprint density at radius 1 is 1.21 bits per heavy atom. The van der Waals surface area contributed by atoms with Gasteiger partial charge in [-0.3, -0.25) is 9.89 Å². The van der Waals surface area contributed by atoms with Crippen LogP contribution >= 0.6 is 0 Å². The third-order valence-corrected chi connectivity index (χ3v) is 4.72. The van der Waals surface area contributed by atoms with Crippen LogP contribution < -0.4 is 10.0 Å². The summed E-state index contributed by atoms with van der Waals surface area (Å²) >= 11 is 0. The summed E-state index contributed by atoms with van der Waals surface area (Å²) in [5, 5.41) is 9.44. The molecule has 2 rings (SSSR count). The molecule has 1 aromatic heterocycles. The van der Waals surface area contributed by atoms with Crippen molar-refractivity contribution >= 4 is 15.9 Å². The highest BCUT2D eigenvalue weighted by Crippen LogP contribution is 2.07. The molecule has 0 bridgehead atoms. The zero-order chi connectivity index (χ0) is 17.6. The minimum atomic E-state index is -3.56. The Morgan fingerprint density at radius 3 is 2.58 bits per heavy atom. The van der Waals surface area contributed by atoms with Gasteiger partial charge in [-0.2, -0.15) is 5.10 Å². The fraction of sp³-hybridized carbons (Fsp3) is 0.375. The molecule has 7 nitrogen and oxygen atoms in total. The number of hydrogen-bond acceptors (Lipinski definition) is 4. The number of aromatic nitrogens is 2. The second-order valence-corrected chi connectivity index (χ2v) is 7.61. The largest absolute Gasteiger partial charge is 0.349 e. The van der Waals surface area contributed by atoms with Crippen molar-refractivity contribution < 1.29 is 13.2 Å². The van der Waals surface area contributed by atoms with Crippen molar-refractivity contribution in [2.75, 3.05) is 13.1 Å². The fourth-order valence-electron chi connectivity index (χ4n) is 2.16. The summed E-state index contributed by atoms with van der Waals surface area (Å²) in [5.74, 6) is 0.133. The summed E-state index contributed by atoms with van der Waals surface area (Å²) in [6.07, 6.45) is 0.817. The van der Waals surface area contributed by atoms with Crippen molar-refractivity contribution in [1.82, 2.24) is 20.2 Å². The SMILES string of the molecule is CC(C)Cc1cc(C(=O)NCCNS(=O)(=O)c2ccccc2)n[nH]1. The molecule has 0 fully saturated rings. The van der Waals surface area contributed by atoms with E-state index in [0.29, 0.717) is 11.6 Å². The zero-order valence-electron chi connectivity index (χ0n) is 13.7. The summed E-state index contributed by atoms with van der Waals surface area (Å²) in [6.45, 7) is 4.45. The van der Waals surface area contributed by atoms with E-state index < -0.39 is 10.0 Å². The van der Waals surface area contributed by atoms with Crippen molar-refractivity contribution in [2.45, 2.75) is 25.2 Å². The van der Waals surface area contributed by atoms with Crippen molar-refractivity contribution in [3.05, 3.63) is 47.8 Å². The molecule has 130 valence electrons. The molecule has 1 amide bonds. The van der Waals surface area contributed by atoms with E-state index in [4.69, 9.17) is 0 Å². The van der Waals surface area contributed by atoms with E-state index in [-0.39, 0.29) is 23.9 Å². The first-order valence-corrected chi connectivity index (χ1v) is 9.24. The Hall–Kier alpha value is -2.19. The van der Waals surface area contributed by atoms with Crippen LogP contribution in [-0.2, 0) is 16.4 Å². The van der Waals surface area contributed by atoms with Crippen LogP contribution in [0.2, 0.25) is 0 Å². The molecule has 0 saturated carbocycles. The molecular formula is C16H22N4O3S. The van der Waals surface area contributed by atoms with Crippen LogP contribution in [0, 0.1) is 5.92 Å². The summed E-state index contributed by atoms with van der Waals surface area (Å²) in [6, 6.07) is 9.80. The minimum Gasteiger partial charge on any atom is -0.349 e. The van der Waals surface area contributed by atoms with E-state index in [9.17, 15) is 13.2 Å². The van der Waals surface area contributed by atoms with Crippen LogP contribution in [0.4, 0.5) is 0 Å². The molecule has 0 radical (unpaired) electrons. The number of nitrogens with one attached hydrogen (secondary N) is 3. The predicted octanol–water partition coefficient (Wildman–Crippen LogP) is 1.32. The smallest absolute Gasteiger partial charge is 0.271 e. The first-order valence-electron chi connectivity index (χ1n) is 7.75. The molecule has 0 unspecified atom stereocenters. The van der Waals surface area contributed by atoms with Gasteiger partial charge in [-0.15, -0.1) is 0 Å². The lowest BCUT2D eigenvalue weighted by atomic mass is 10.1. The van der Waals surface area contributed by atoms with Gasteiger partial charge in [0.25, 0.3) is 5.91 Å². The van der Waals surface area contributed by atoms with Gasteiger partial charge in [-0.05, 0) is 30.5 Å². The van der Waals surface area contributed by atoms with Gasteiger partial charge in [-0.1, -0.05) is 32.0 Å². The quantitative estimate of drug-likeness (QED) is 0.625. The fourth-order valence-corrected chi connectivity index (χ4v) is 3.21. The number of amides is 1. The van der Waals surface area contributed by atoms with Crippen molar-refractivity contribution in [3.63, 3.8) is 0 Å². The maximum atomic E-state index is 12.0. The van der Waals surface area contributed by atoms with Gasteiger partial charge < -0.3 is 5.32 Å². The molecule has 24 heavy (non-hydrogen) atoms. The third-order valence-electron chi connectivity index (χ3n) is 3.25. The molecule has 0 spiro atoms. The average molecular weight is 350 g/mol. The summed E-state index contributed by atoms with van der Waals surface area (Å²) in [4.78, 5) is 12.2. The summed E-state index contributed by atoms with van der Waals surface area (Å²) < 4.78 is 26.5. The highest BCUT2D eigenvalue weighted by molar-refractivity contribution is 7.89. The van der Waals surface area contributed by atoms with Crippen molar-refractivity contribution in [2.24, 2.45) is 5.92 Å². The molecule has 0 aliphatic carbocycles. The van der Waals surface area contributed by atoms with Gasteiger partial charge in [0.05, 0.1) is 4.90 Å². The highest BCUT2D eigenvalue weighted by atomic mass is 32.2. The van der Waals surface area contributed by atoms with E-state index in [2.05, 4.69) is 34.1 Å². The van der Waals surface area contributed by atoms with Crippen LogP contribution in [0.5, 0.6) is 0 Å². The number of hydrogen-bond donors (Lipinski definition) is 3. The van der Waals surface area contributed by atoms with Crippen LogP contribution in [0.1, 0.15) is 30.0 Å². The van der Waals surface area contributed by atoms with Crippen molar-refractivity contribution in [3.8, 4) is 0 Å². The third kappa shape index (κ3) is 5.17. The lowest BCUT2D eigenvalue weighted by molar-refractivity contribution is 0.0949. The van der Waals surface area contributed by atoms with Gasteiger partial charge in [0.15, 0.2) is 0 Å². The predicted molar refractivity (Wildman–Crippen MR) is 91.1 cm³/mol. The number of H-pyrrole nitrogens is 1. The van der Waals surface area contributed by atoms with E-state index in [1.54, 1.807) is 24.3 Å². The van der Waals surface area contributed by atoms with E-state index in [0.717, 1.165) is 12.1 Å². The number of nitrogens with zero attached hydrogens (tertiary/aromatic N) is 1. The number of rotatable bonds is 8. The maximum Gasteiger partial charge on any atom is 0.271 e. The highest BCUT2D eigenvalue weighted by Gasteiger charge is 2.14. The second-order valence-electron chi connectivity index (χ2n) is 5.84. The first kappa shape index (κ1) is 18.2. The Kier molecular flexibility index (Phi) is 6.10. The lowest BCUT2D eigenvalue weighted by Crippen LogP contribution is -2.34. The molecule has 3 N–H and O–H groups in total. The molecule has 0 atom stereocenters. The number of carbonyl (C=O) groups excluding carboxylic acids is 1. The van der Waals surface area contributed by atoms with Gasteiger partial charge in [0, 0.05) is 18.8 Å². The summed E-state index contributed by atoms with van der Waals surface area (Å²) in [7, 11) is -3.56. The Labute approximate surface area is 141 Å². The van der Waals surface area contributed by atoms with Gasteiger partial charge in [0.1, 0.15) is 5.69 Å². The Morgan fingerprint density at radius 2 is 1.92 bits per heavy atom. The minimum absolute atomic E-state index is 0.103. The number of carbonyl (C=O) groups is 1.